The number of hydrogen-bond donors (Lipinski definition) is 1. The predicted molar refractivity (Wildman–Crippen MR) is 71.8 cm³/mol. The number of fused-ring (bicyclic) bond motifs is 1. The summed E-state index contributed by atoms with van der Waals surface area (Å²) in [5, 5.41) is 5.00. The molecule has 0 saturated carbocycles. The fraction of sp³-hybridized carbons (Fsp3) is 0.308. The zero-order valence-electron chi connectivity index (χ0n) is 9.36. The van der Waals surface area contributed by atoms with Gasteiger partial charge in [0.1, 0.15) is 0 Å². The molecule has 0 spiro atoms. The molecule has 0 aromatic carbocycles. The fourth-order valence-corrected chi connectivity index (χ4v) is 3.92. The molecule has 88 valence electrons. The average Bonchev–Trinajstić information content (AvgIpc) is 3.01. The highest BCUT2D eigenvalue weighted by Crippen LogP contribution is 2.30. The van der Waals surface area contributed by atoms with E-state index in [-0.39, 0.29) is 5.91 Å². The lowest BCUT2D eigenvalue weighted by Gasteiger charge is -2.00. The topological polar surface area (TPSA) is 29.1 Å². The van der Waals surface area contributed by atoms with Crippen LogP contribution in [0.3, 0.4) is 0 Å². The van der Waals surface area contributed by atoms with E-state index in [1.54, 1.807) is 22.7 Å². The number of amides is 1. The largest absolute Gasteiger partial charge is 0.346 e. The third kappa shape index (κ3) is 2.28. The number of carbonyl (C=O) groups is 1. The normalized spacial score (nSPS) is 13.6. The molecule has 17 heavy (non-hydrogen) atoms. The van der Waals surface area contributed by atoms with Gasteiger partial charge in [-0.1, -0.05) is 6.07 Å². The standard InChI is InChI=1S/C13H13NOS2/c15-13(14-8-10-4-2-6-16-10)12-7-9-3-1-5-11(9)17-12/h2,4,6-7H,1,3,5,8H2,(H,14,15). The predicted octanol–water partition coefficient (Wildman–Crippen LogP) is 3.23. The van der Waals surface area contributed by atoms with E-state index < -0.39 is 0 Å². The summed E-state index contributed by atoms with van der Waals surface area (Å²) < 4.78 is 0. The first kappa shape index (κ1) is 11.0. The van der Waals surface area contributed by atoms with Crippen molar-refractivity contribution in [3.63, 3.8) is 0 Å². The van der Waals surface area contributed by atoms with Gasteiger partial charge < -0.3 is 5.32 Å². The Morgan fingerprint density at radius 3 is 3.12 bits per heavy atom. The average molecular weight is 263 g/mol. The molecule has 0 saturated heterocycles. The van der Waals surface area contributed by atoms with Crippen LogP contribution in [-0.4, -0.2) is 5.91 Å². The molecule has 2 aromatic heterocycles. The summed E-state index contributed by atoms with van der Waals surface area (Å²) in [5.74, 6) is 0.0674. The third-order valence-corrected chi connectivity index (χ3v) is 5.09. The Hall–Kier alpha value is -1.13. The lowest BCUT2D eigenvalue weighted by molar-refractivity contribution is 0.0955. The van der Waals surface area contributed by atoms with Crippen LogP contribution < -0.4 is 5.32 Å². The number of aryl methyl sites for hydroxylation is 2. The molecule has 2 aromatic rings. The van der Waals surface area contributed by atoms with Gasteiger partial charge in [-0.05, 0) is 42.3 Å². The third-order valence-electron chi connectivity index (χ3n) is 2.97. The lowest BCUT2D eigenvalue weighted by atomic mass is 10.2. The van der Waals surface area contributed by atoms with Gasteiger partial charge in [-0.2, -0.15) is 0 Å². The number of nitrogens with one attached hydrogen (secondary N) is 1. The van der Waals surface area contributed by atoms with Crippen molar-refractivity contribution in [1.29, 1.82) is 0 Å². The second-order valence-electron chi connectivity index (χ2n) is 4.17. The van der Waals surface area contributed by atoms with Gasteiger partial charge in [0.05, 0.1) is 11.4 Å². The molecule has 2 nitrogen and oxygen atoms in total. The highest BCUT2D eigenvalue weighted by molar-refractivity contribution is 7.14. The van der Waals surface area contributed by atoms with Gasteiger partial charge in [-0.25, -0.2) is 0 Å². The highest BCUT2D eigenvalue weighted by Gasteiger charge is 2.18. The Labute approximate surface area is 108 Å². The minimum Gasteiger partial charge on any atom is -0.346 e. The lowest BCUT2D eigenvalue weighted by Crippen LogP contribution is -2.21. The van der Waals surface area contributed by atoms with Crippen LogP contribution in [0, 0.1) is 0 Å². The van der Waals surface area contributed by atoms with Gasteiger partial charge >= 0.3 is 0 Å². The number of carbonyl (C=O) groups excluding carboxylic acids is 1. The van der Waals surface area contributed by atoms with E-state index >= 15 is 0 Å². The van der Waals surface area contributed by atoms with E-state index in [2.05, 4.69) is 11.4 Å². The maximum Gasteiger partial charge on any atom is 0.261 e. The van der Waals surface area contributed by atoms with Crippen molar-refractivity contribution >= 4 is 28.6 Å². The Balaban J connectivity index is 1.65. The van der Waals surface area contributed by atoms with Gasteiger partial charge in [0.15, 0.2) is 0 Å². The van der Waals surface area contributed by atoms with Gasteiger partial charge in [0.2, 0.25) is 0 Å². The zero-order chi connectivity index (χ0) is 11.7. The van der Waals surface area contributed by atoms with Crippen molar-refractivity contribution in [3.8, 4) is 0 Å². The molecule has 0 radical (unpaired) electrons. The molecule has 1 aliphatic rings. The van der Waals surface area contributed by atoms with Crippen LogP contribution in [0.2, 0.25) is 0 Å². The molecule has 1 aliphatic carbocycles. The van der Waals surface area contributed by atoms with Gasteiger partial charge in [0, 0.05) is 9.75 Å². The number of rotatable bonds is 3. The molecular formula is C13H13NOS2. The minimum atomic E-state index is 0.0674. The van der Waals surface area contributed by atoms with Crippen molar-refractivity contribution in [1.82, 2.24) is 5.32 Å². The summed E-state index contributed by atoms with van der Waals surface area (Å²) in [7, 11) is 0. The zero-order valence-corrected chi connectivity index (χ0v) is 11.0. The molecule has 2 heterocycles. The van der Waals surface area contributed by atoms with Crippen molar-refractivity contribution in [2.75, 3.05) is 0 Å². The summed E-state index contributed by atoms with van der Waals surface area (Å²) in [6.07, 6.45) is 3.54. The monoisotopic (exact) mass is 263 g/mol. The van der Waals surface area contributed by atoms with E-state index in [1.807, 2.05) is 17.5 Å². The van der Waals surface area contributed by atoms with Crippen molar-refractivity contribution < 1.29 is 4.79 Å². The van der Waals surface area contributed by atoms with Crippen LogP contribution in [0.25, 0.3) is 0 Å². The van der Waals surface area contributed by atoms with Gasteiger partial charge in [-0.3, -0.25) is 4.79 Å². The molecule has 0 aliphatic heterocycles. The van der Waals surface area contributed by atoms with Crippen LogP contribution in [0.1, 0.15) is 31.4 Å². The van der Waals surface area contributed by atoms with Crippen molar-refractivity contribution in [2.24, 2.45) is 0 Å². The summed E-state index contributed by atoms with van der Waals surface area (Å²) in [6, 6.07) is 6.11. The molecule has 4 heteroatoms. The summed E-state index contributed by atoms with van der Waals surface area (Å²) >= 11 is 3.33. The minimum absolute atomic E-state index is 0.0674. The summed E-state index contributed by atoms with van der Waals surface area (Å²) in [4.78, 5) is 15.4. The molecule has 1 N–H and O–H groups in total. The molecule has 0 unspecified atom stereocenters. The maximum absolute atomic E-state index is 11.9. The maximum atomic E-state index is 11.9. The van der Waals surface area contributed by atoms with E-state index in [1.165, 1.54) is 21.7 Å². The highest BCUT2D eigenvalue weighted by atomic mass is 32.1. The Morgan fingerprint density at radius 2 is 2.35 bits per heavy atom. The first-order chi connectivity index (χ1) is 8.33. The molecule has 0 bridgehead atoms. The van der Waals surface area contributed by atoms with Crippen LogP contribution in [0.5, 0.6) is 0 Å². The quantitative estimate of drug-likeness (QED) is 0.905. The Kier molecular flexibility index (Phi) is 2.99. The van der Waals surface area contributed by atoms with Gasteiger partial charge in [0.25, 0.3) is 5.91 Å². The van der Waals surface area contributed by atoms with Crippen LogP contribution in [0.15, 0.2) is 23.6 Å². The van der Waals surface area contributed by atoms with Crippen LogP contribution in [-0.2, 0) is 19.4 Å². The Bertz CT molecular complexity index is 506. The fourth-order valence-electron chi connectivity index (χ4n) is 2.11. The van der Waals surface area contributed by atoms with E-state index in [9.17, 15) is 4.79 Å². The molecule has 1 amide bonds. The molecule has 0 atom stereocenters. The second kappa shape index (κ2) is 4.63. The first-order valence-corrected chi connectivity index (χ1v) is 7.45. The summed E-state index contributed by atoms with van der Waals surface area (Å²) in [5.41, 5.74) is 1.39. The molecular weight excluding hydrogens is 250 g/mol. The second-order valence-corrected chi connectivity index (χ2v) is 6.34. The molecule has 0 fully saturated rings. The number of thiophene rings is 2. The van der Waals surface area contributed by atoms with Crippen LogP contribution in [0.4, 0.5) is 0 Å². The smallest absolute Gasteiger partial charge is 0.261 e. The van der Waals surface area contributed by atoms with E-state index in [0.717, 1.165) is 17.7 Å². The van der Waals surface area contributed by atoms with Crippen molar-refractivity contribution in [3.05, 3.63) is 43.8 Å². The summed E-state index contributed by atoms with van der Waals surface area (Å²) in [6.45, 7) is 0.638. The van der Waals surface area contributed by atoms with Gasteiger partial charge in [-0.15, -0.1) is 22.7 Å². The van der Waals surface area contributed by atoms with Crippen LogP contribution >= 0.6 is 22.7 Å². The van der Waals surface area contributed by atoms with E-state index in [4.69, 9.17) is 0 Å². The number of hydrogen-bond acceptors (Lipinski definition) is 3. The van der Waals surface area contributed by atoms with E-state index in [0.29, 0.717) is 6.54 Å². The van der Waals surface area contributed by atoms with Crippen molar-refractivity contribution in [2.45, 2.75) is 25.8 Å². The Morgan fingerprint density at radius 1 is 1.41 bits per heavy atom. The molecule has 3 rings (SSSR count). The SMILES string of the molecule is O=C(NCc1cccs1)c1cc2c(s1)CCC2. The first-order valence-electron chi connectivity index (χ1n) is 5.75.